The van der Waals surface area contributed by atoms with Crippen molar-refractivity contribution >= 4 is 35.7 Å². The van der Waals surface area contributed by atoms with Crippen molar-refractivity contribution in [3.8, 4) is 0 Å². The summed E-state index contributed by atoms with van der Waals surface area (Å²) in [6, 6.07) is 0. The summed E-state index contributed by atoms with van der Waals surface area (Å²) >= 11 is 5.82. The minimum absolute atomic E-state index is 0. The van der Waals surface area contributed by atoms with Gasteiger partial charge >= 0.3 is 0 Å². The van der Waals surface area contributed by atoms with E-state index in [4.69, 9.17) is 11.6 Å². The van der Waals surface area contributed by atoms with Crippen LogP contribution in [0.3, 0.4) is 0 Å². The van der Waals surface area contributed by atoms with Crippen molar-refractivity contribution in [2.45, 2.75) is 13.3 Å². The summed E-state index contributed by atoms with van der Waals surface area (Å²) in [6.45, 7) is 3.88. The molecular formula is C8H11Cl2N3. The standard InChI is InChI=1S/C8H10ClN3.ClH/c1-2-7-11-6(9)5-8-10-3-4-12(7)8;/h5H,2-4H2,1H3;1H. The summed E-state index contributed by atoms with van der Waals surface area (Å²) in [4.78, 5) is 10.7. The topological polar surface area (TPSA) is 28.0 Å². The zero-order valence-electron chi connectivity index (χ0n) is 7.33. The van der Waals surface area contributed by atoms with Crippen LogP contribution in [0.25, 0.3) is 0 Å². The van der Waals surface area contributed by atoms with E-state index < -0.39 is 0 Å². The van der Waals surface area contributed by atoms with Gasteiger partial charge in [-0.05, 0) is 0 Å². The van der Waals surface area contributed by atoms with E-state index >= 15 is 0 Å². The second-order valence-corrected chi connectivity index (χ2v) is 3.13. The number of rotatable bonds is 1. The molecule has 0 N–H and O–H groups in total. The number of hydrogen-bond acceptors (Lipinski definition) is 3. The van der Waals surface area contributed by atoms with E-state index in [1.165, 1.54) is 0 Å². The molecule has 72 valence electrons. The third kappa shape index (κ3) is 1.86. The zero-order valence-corrected chi connectivity index (χ0v) is 8.90. The lowest BCUT2D eigenvalue weighted by molar-refractivity contribution is 0.647. The molecule has 2 aliphatic heterocycles. The van der Waals surface area contributed by atoms with Gasteiger partial charge in [0.2, 0.25) is 0 Å². The fraction of sp³-hybridized carbons (Fsp3) is 0.500. The molecular weight excluding hydrogens is 209 g/mol. The number of hydrogen-bond donors (Lipinski definition) is 0. The Hall–Kier alpha value is -0.540. The third-order valence-electron chi connectivity index (χ3n) is 1.99. The van der Waals surface area contributed by atoms with E-state index in [2.05, 4.69) is 21.8 Å². The van der Waals surface area contributed by atoms with Crippen LogP contribution in [-0.2, 0) is 0 Å². The van der Waals surface area contributed by atoms with Crippen molar-refractivity contribution in [1.82, 2.24) is 4.90 Å². The van der Waals surface area contributed by atoms with Crippen molar-refractivity contribution in [3.05, 3.63) is 11.2 Å². The quantitative estimate of drug-likeness (QED) is 0.621. The van der Waals surface area contributed by atoms with Gasteiger partial charge in [-0.15, -0.1) is 12.4 Å². The van der Waals surface area contributed by atoms with Gasteiger partial charge in [-0.25, -0.2) is 4.99 Å². The van der Waals surface area contributed by atoms with Crippen LogP contribution in [0.1, 0.15) is 13.3 Å². The number of amidine groups is 2. The monoisotopic (exact) mass is 219 g/mol. The molecule has 2 rings (SSSR count). The Morgan fingerprint density at radius 2 is 2.38 bits per heavy atom. The average molecular weight is 220 g/mol. The largest absolute Gasteiger partial charge is 0.313 e. The van der Waals surface area contributed by atoms with Crippen LogP contribution in [0.5, 0.6) is 0 Å². The average Bonchev–Trinajstić information content (AvgIpc) is 2.50. The molecule has 3 nitrogen and oxygen atoms in total. The molecule has 0 amide bonds. The molecule has 0 fully saturated rings. The molecule has 13 heavy (non-hydrogen) atoms. The van der Waals surface area contributed by atoms with Crippen molar-refractivity contribution in [2.24, 2.45) is 9.98 Å². The summed E-state index contributed by atoms with van der Waals surface area (Å²) in [5.74, 6) is 1.99. The molecule has 5 heteroatoms. The van der Waals surface area contributed by atoms with E-state index in [-0.39, 0.29) is 12.4 Å². The van der Waals surface area contributed by atoms with Gasteiger partial charge in [-0.3, -0.25) is 4.99 Å². The van der Waals surface area contributed by atoms with Crippen molar-refractivity contribution in [3.63, 3.8) is 0 Å². The normalized spacial score (nSPS) is 19.8. The Morgan fingerprint density at radius 1 is 1.62 bits per heavy atom. The molecule has 0 saturated heterocycles. The molecule has 0 atom stereocenters. The number of nitrogens with zero attached hydrogens (tertiary/aromatic N) is 3. The lowest BCUT2D eigenvalue weighted by Gasteiger charge is -2.22. The molecule has 0 saturated carbocycles. The predicted molar refractivity (Wildman–Crippen MR) is 57.9 cm³/mol. The van der Waals surface area contributed by atoms with E-state index in [9.17, 15) is 0 Å². The van der Waals surface area contributed by atoms with Crippen molar-refractivity contribution in [1.29, 1.82) is 0 Å². The maximum atomic E-state index is 5.82. The first-order chi connectivity index (χ1) is 5.81. The SMILES string of the molecule is CCC1=NC(Cl)=CC2=NCCN21.Cl. The number of aliphatic imine (C=N–C) groups is 2. The first-order valence-electron chi connectivity index (χ1n) is 4.08. The number of halogens is 2. The second kappa shape index (κ2) is 4.11. The summed E-state index contributed by atoms with van der Waals surface area (Å²) in [7, 11) is 0. The molecule has 2 heterocycles. The van der Waals surface area contributed by atoms with Gasteiger partial charge < -0.3 is 4.90 Å². The minimum atomic E-state index is 0. The Bertz CT molecular complexity index is 294. The van der Waals surface area contributed by atoms with Crippen LogP contribution in [0.4, 0.5) is 0 Å². The van der Waals surface area contributed by atoms with Gasteiger partial charge in [-0.2, -0.15) is 0 Å². The summed E-state index contributed by atoms with van der Waals surface area (Å²) in [6.07, 6.45) is 2.72. The highest BCUT2D eigenvalue weighted by Gasteiger charge is 2.22. The van der Waals surface area contributed by atoms with Gasteiger partial charge in [-0.1, -0.05) is 18.5 Å². The first-order valence-corrected chi connectivity index (χ1v) is 4.46. The van der Waals surface area contributed by atoms with Crippen LogP contribution in [0.15, 0.2) is 21.2 Å². The highest BCUT2D eigenvalue weighted by atomic mass is 35.5. The lowest BCUT2D eigenvalue weighted by atomic mass is 10.3. The van der Waals surface area contributed by atoms with Gasteiger partial charge in [0.25, 0.3) is 0 Å². The van der Waals surface area contributed by atoms with Crippen LogP contribution in [0.2, 0.25) is 0 Å². The summed E-state index contributed by atoms with van der Waals surface area (Å²) in [5, 5.41) is 0.545. The Balaban J connectivity index is 0.000000845. The highest BCUT2D eigenvalue weighted by Crippen LogP contribution is 2.17. The van der Waals surface area contributed by atoms with Crippen LogP contribution in [-0.4, -0.2) is 29.7 Å². The smallest absolute Gasteiger partial charge is 0.134 e. The molecule has 0 aromatic heterocycles. The van der Waals surface area contributed by atoms with Crippen LogP contribution in [0, 0.1) is 0 Å². The van der Waals surface area contributed by atoms with Gasteiger partial charge in [0.15, 0.2) is 0 Å². The fourth-order valence-corrected chi connectivity index (χ4v) is 1.64. The Labute approximate surface area is 88.6 Å². The maximum Gasteiger partial charge on any atom is 0.134 e. The molecule has 0 aromatic carbocycles. The highest BCUT2D eigenvalue weighted by molar-refractivity contribution is 6.33. The van der Waals surface area contributed by atoms with Gasteiger partial charge in [0, 0.05) is 19.0 Å². The molecule has 0 unspecified atom stereocenters. The van der Waals surface area contributed by atoms with Crippen LogP contribution < -0.4 is 0 Å². The molecule has 0 aromatic rings. The Morgan fingerprint density at radius 3 is 3.08 bits per heavy atom. The van der Waals surface area contributed by atoms with Crippen molar-refractivity contribution < 1.29 is 0 Å². The minimum Gasteiger partial charge on any atom is -0.313 e. The van der Waals surface area contributed by atoms with Crippen LogP contribution >= 0.6 is 24.0 Å². The third-order valence-corrected chi connectivity index (χ3v) is 2.18. The van der Waals surface area contributed by atoms with E-state index in [1.807, 2.05) is 6.08 Å². The van der Waals surface area contributed by atoms with Gasteiger partial charge in [0.05, 0.1) is 6.54 Å². The van der Waals surface area contributed by atoms with Gasteiger partial charge in [0.1, 0.15) is 16.8 Å². The molecule has 0 bridgehead atoms. The fourth-order valence-electron chi connectivity index (χ4n) is 1.44. The Kier molecular flexibility index (Phi) is 3.33. The number of fused-ring (bicyclic) bond motifs is 1. The second-order valence-electron chi connectivity index (χ2n) is 2.74. The summed E-state index contributed by atoms with van der Waals surface area (Å²) in [5.41, 5.74) is 0. The maximum absolute atomic E-state index is 5.82. The van der Waals surface area contributed by atoms with Crippen molar-refractivity contribution in [2.75, 3.05) is 13.1 Å². The zero-order chi connectivity index (χ0) is 8.55. The van der Waals surface area contributed by atoms with E-state index in [1.54, 1.807) is 0 Å². The molecule has 0 spiro atoms. The molecule has 0 aliphatic carbocycles. The first kappa shape index (κ1) is 10.5. The molecule has 0 radical (unpaired) electrons. The molecule has 2 aliphatic rings. The summed E-state index contributed by atoms with van der Waals surface area (Å²) < 4.78 is 0. The van der Waals surface area contributed by atoms with E-state index in [0.717, 1.165) is 31.2 Å². The van der Waals surface area contributed by atoms with E-state index in [0.29, 0.717) is 5.16 Å². The lowest BCUT2D eigenvalue weighted by Crippen LogP contribution is -2.34. The predicted octanol–water partition coefficient (Wildman–Crippen LogP) is 2.02.